The molecule has 0 unspecified atom stereocenters. The molecular weight excluding hydrogens is 370 g/mol. The van der Waals surface area contributed by atoms with Gasteiger partial charge < -0.3 is 15.4 Å². The number of nitriles is 1. The molecule has 1 aliphatic carbocycles. The van der Waals surface area contributed by atoms with Crippen molar-refractivity contribution in [3.63, 3.8) is 0 Å². The molecule has 1 aliphatic heterocycles. The molecule has 1 aromatic heterocycles. The van der Waals surface area contributed by atoms with E-state index in [-0.39, 0.29) is 11.7 Å². The first kappa shape index (κ1) is 18.5. The number of nitrogens with zero attached hydrogens (tertiary/aromatic N) is 1. The summed E-state index contributed by atoms with van der Waals surface area (Å²) in [5.74, 6) is -0.765. The molecule has 136 valence electrons. The third-order valence-corrected chi connectivity index (χ3v) is 6.12. The van der Waals surface area contributed by atoms with E-state index < -0.39 is 11.9 Å². The van der Waals surface area contributed by atoms with Crippen LogP contribution in [0.4, 0.5) is 0 Å². The molecule has 3 rings (SSSR count). The van der Waals surface area contributed by atoms with Crippen LogP contribution in [-0.4, -0.2) is 30.8 Å². The lowest BCUT2D eigenvalue weighted by Crippen LogP contribution is -2.30. The first-order valence-corrected chi connectivity index (χ1v) is 10.1. The Bertz CT molecular complexity index is 817. The number of dihydropyridines is 1. The number of carbonyl (C=O) groups excluding carboxylic acids is 2. The number of allylic oxidation sites excluding steroid dienone is 2. The Morgan fingerprint density at radius 3 is 2.85 bits per heavy atom. The SMILES string of the molecule is COC(=O)C1=C(C)NC(SCC(=O)NC2CC2)=C(C#N)[C@H]1c1cccs1. The zero-order valence-electron chi connectivity index (χ0n) is 14.5. The second-order valence-corrected chi connectivity index (χ2v) is 8.05. The summed E-state index contributed by atoms with van der Waals surface area (Å²) in [6.45, 7) is 1.78. The van der Waals surface area contributed by atoms with Crippen molar-refractivity contribution in [3.8, 4) is 6.07 Å². The summed E-state index contributed by atoms with van der Waals surface area (Å²) >= 11 is 2.77. The molecule has 2 aliphatic rings. The van der Waals surface area contributed by atoms with Gasteiger partial charge in [0.1, 0.15) is 0 Å². The number of esters is 1. The number of rotatable bonds is 6. The van der Waals surface area contributed by atoms with E-state index in [1.807, 2.05) is 17.5 Å². The highest BCUT2D eigenvalue weighted by Gasteiger charge is 2.36. The minimum Gasteiger partial charge on any atom is -0.466 e. The minimum absolute atomic E-state index is 0.0443. The van der Waals surface area contributed by atoms with Crippen molar-refractivity contribution in [2.45, 2.75) is 31.7 Å². The lowest BCUT2D eigenvalue weighted by molar-refractivity contribution is -0.136. The van der Waals surface area contributed by atoms with E-state index in [1.165, 1.54) is 30.2 Å². The van der Waals surface area contributed by atoms with Crippen LogP contribution in [-0.2, 0) is 14.3 Å². The Labute approximate surface area is 160 Å². The lowest BCUT2D eigenvalue weighted by Gasteiger charge is -2.28. The fraction of sp³-hybridized carbons (Fsp3) is 0.389. The molecule has 0 aromatic carbocycles. The highest BCUT2D eigenvalue weighted by Crippen LogP contribution is 2.42. The molecule has 1 saturated carbocycles. The molecule has 0 saturated heterocycles. The molecule has 1 atom stereocenters. The molecule has 6 nitrogen and oxygen atoms in total. The second kappa shape index (κ2) is 7.98. The number of hydrogen-bond acceptors (Lipinski definition) is 7. The normalized spacial score (nSPS) is 19.7. The van der Waals surface area contributed by atoms with E-state index in [0.717, 1.165) is 17.7 Å². The maximum absolute atomic E-state index is 12.3. The predicted octanol–water partition coefficient (Wildman–Crippen LogP) is 2.63. The number of carbonyl (C=O) groups is 2. The van der Waals surface area contributed by atoms with Gasteiger partial charge in [0.05, 0.1) is 41.0 Å². The molecular formula is C18H19N3O3S2. The zero-order chi connectivity index (χ0) is 18.7. The van der Waals surface area contributed by atoms with Gasteiger partial charge in [0.2, 0.25) is 5.91 Å². The standard InChI is InChI=1S/C18H19N3O3S2/c1-10-15(18(23)24-2)16(13-4-3-7-25-13)12(8-19)17(20-10)26-9-14(22)21-11-5-6-11/h3-4,7,11,16,20H,5-6,9H2,1-2H3,(H,21,22)/t16-/m0/s1. The number of nitrogens with one attached hydrogen (secondary N) is 2. The Hall–Kier alpha value is -2.24. The number of ether oxygens (including phenoxy) is 1. The molecule has 1 fully saturated rings. The van der Waals surface area contributed by atoms with Crippen molar-refractivity contribution in [3.05, 3.63) is 44.3 Å². The van der Waals surface area contributed by atoms with Gasteiger partial charge in [-0.25, -0.2) is 4.79 Å². The summed E-state index contributed by atoms with van der Waals surface area (Å²) in [5, 5.41) is 18.4. The molecule has 0 spiro atoms. The Kier molecular flexibility index (Phi) is 5.69. The van der Waals surface area contributed by atoms with Crippen molar-refractivity contribution in [2.24, 2.45) is 0 Å². The first-order valence-electron chi connectivity index (χ1n) is 8.21. The maximum Gasteiger partial charge on any atom is 0.336 e. The molecule has 2 N–H and O–H groups in total. The highest BCUT2D eigenvalue weighted by molar-refractivity contribution is 8.03. The van der Waals surface area contributed by atoms with Gasteiger partial charge in [-0.05, 0) is 31.2 Å². The van der Waals surface area contributed by atoms with Crippen LogP contribution in [0.15, 0.2) is 39.4 Å². The van der Waals surface area contributed by atoms with Gasteiger partial charge >= 0.3 is 5.97 Å². The van der Waals surface area contributed by atoms with Crippen molar-refractivity contribution in [1.29, 1.82) is 5.26 Å². The molecule has 26 heavy (non-hydrogen) atoms. The maximum atomic E-state index is 12.3. The van der Waals surface area contributed by atoms with Gasteiger partial charge in [0, 0.05) is 16.6 Å². The van der Waals surface area contributed by atoms with Gasteiger partial charge in [-0.3, -0.25) is 4.79 Å². The third kappa shape index (κ3) is 3.94. The molecule has 1 amide bonds. The largest absolute Gasteiger partial charge is 0.466 e. The number of methoxy groups -OCH3 is 1. The van der Waals surface area contributed by atoms with E-state index in [2.05, 4.69) is 16.7 Å². The molecule has 8 heteroatoms. The average molecular weight is 390 g/mol. The highest BCUT2D eigenvalue weighted by atomic mass is 32.2. The predicted molar refractivity (Wildman–Crippen MR) is 101 cm³/mol. The number of amides is 1. The quantitative estimate of drug-likeness (QED) is 0.727. The number of hydrogen-bond donors (Lipinski definition) is 2. The van der Waals surface area contributed by atoms with Gasteiger partial charge in [-0.1, -0.05) is 17.8 Å². The Morgan fingerprint density at radius 1 is 1.50 bits per heavy atom. The van der Waals surface area contributed by atoms with Crippen LogP contribution in [0, 0.1) is 11.3 Å². The van der Waals surface area contributed by atoms with Crippen LogP contribution in [0.1, 0.15) is 30.6 Å². The van der Waals surface area contributed by atoms with E-state index in [1.54, 1.807) is 6.92 Å². The van der Waals surface area contributed by atoms with Crippen molar-refractivity contribution in [2.75, 3.05) is 12.9 Å². The van der Waals surface area contributed by atoms with E-state index in [4.69, 9.17) is 4.74 Å². The van der Waals surface area contributed by atoms with Crippen molar-refractivity contribution >= 4 is 35.0 Å². The monoisotopic (exact) mass is 389 g/mol. The van der Waals surface area contributed by atoms with Gasteiger partial charge in [-0.15, -0.1) is 11.3 Å². The van der Waals surface area contributed by atoms with Gasteiger partial charge in [0.15, 0.2) is 0 Å². The van der Waals surface area contributed by atoms with E-state index in [9.17, 15) is 14.9 Å². The lowest BCUT2D eigenvalue weighted by atomic mass is 9.87. The molecule has 2 heterocycles. The summed E-state index contributed by atoms with van der Waals surface area (Å²) in [6.07, 6.45) is 2.07. The number of thiophene rings is 1. The van der Waals surface area contributed by atoms with E-state index >= 15 is 0 Å². The van der Waals surface area contributed by atoms with Gasteiger partial charge in [-0.2, -0.15) is 5.26 Å². The van der Waals surface area contributed by atoms with Crippen molar-refractivity contribution < 1.29 is 14.3 Å². The molecule has 1 aromatic rings. The summed E-state index contributed by atoms with van der Waals surface area (Å²) < 4.78 is 4.93. The Balaban J connectivity index is 1.89. The van der Waals surface area contributed by atoms with Crippen LogP contribution in [0.25, 0.3) is 0 Å². The summed E-state index contributed by atoms with van der Waals surface area (Å²) in [6, 6.07) is 6.32. The molecule has 0 bridgehead atoms. The first-order chi connectivity index (χ1) is 12.5. The topological polar surface area (TPSA) is 91.2 Å². The summed E-state index contributed by atoms with van der Waals surface area (Å²) in [4.78, 5) is 25.2. The average Bonchev–Trinajstić information content (AvgIpc) is 3.27. The van der Waals surface area contributed by atoms with Crippen LogP contribution >= 0.6 is 23.1 Å². The van der Waals surface area contributed by atoms with Crippen LogP contribution in [0.3, 0.4) is 0 Å². The van der Waals surface area contributed by atoms with Crippen LogP contribution < -0.4 is 10.6 Å². The minimum atomic E-state index is -0.484. The molecule has 0 radical (unpaired) electrons. The van der Waals surface area contributed by atoms with Crippen molar-refractivity contribution in [1.82, 2.24) is 10.6 Å². The summed E-state index contributed by atoms with van der Waals surface area (Å²) in [7, 11) is 1.33. The van der Waals surface area contributed by atoms with Gasteiger partial charge in [0.25, 0.3) is 0 Å². The van der Waals surface area contributed by atoms with Crippen LogP contribution in [0.5, 0.6) is 0 Å². The number of thioether (sulfide) groups is 1. The Morgan fingerprint density at radius 2 is 2.27 bits per heavy atom. The van der Waals surface area contributed by atoms with E-state index in [0.29, 0.717) is 27.9 Å². The fourth-order valence-corrected chi connectivity index (χ4v) is 4.53. The van der Waals surface area contributed by atoms with Crippen LogP contribution in [0.2, 0.25) is 0 Å². The zero-order valence-corrected chi connectivity index (χ0v) is 16.1. The summed E-state index contributed by atoms with van der Waals surface area (Å²) in [5.41, 5.74) is 1.50. The smallest absolute Gasteiger partial charge is 0.336 e. The fourth-order valence-electron chi connectivity index (χ4n) is 2.78. The third-order valence-electron chi connectivity index (χ3n) is 4.17. The second-order valence-electron chi connectivity index (χ2n) is 6.09.